The van der Waals surface area contributed by atoms with E-state index in [-0.39, 0.29) is 11.3 Å². The lowest BCUT2D eigenvalue weighted by Gasteiger charge is -2.36. The van der Waals surface area contributed by atoms with Crippen LogP contribution in [0.3, 0.4) is 0 Å². The maximum atomic E-state index is 13.9. The van der Waals surface area contributed by atoms with Crippen LogP contribution in [0.1, 0.15) is 55.5 Å². The van der Waals surface area contributed by atoms with Gasteiger partial charge >= 0.3 is 0 Å². The number of anilines is 1. The summed E-state index contributed by atoms with van der Waals surface area (Å²) in [5.41, 5.74) is 5.04. The number of imidazole rings is 1. The van der Waals surface area contributed by atoms with Crippen LogP contribution in [0.2, 0.25) is 5.02 Å². The minimum absolute atomic E-state index is 0.0439. The second-order valence-corrected chi connectivity index (χ2v) is 13.9. The molecule has 1 N–H and O–H groups in total. The van der Waals surface area contributed by atoms with Gasteiger partial charge in [0.05, 0.1) is 32.4 Å². The Morgan fingerprint density at radius 1 is 0.980 bits per heavy atom. The second kappa shape index (κ2) is 15.1. The highest BCUT2D eigenvalue weighted by Crippen LogP contribution is 2.42. The van der Waals surface area contributed by atoms with E-state index in [2.05, 4.69) is 65.0 Å². The number of carbonyl (C=O) groups excluding carboxylic acids is 1. The normalized spacial score (nSPS) is 18.4. The van der Waals surface area contributed by atoms with Gasteiger partial charge in [0.2, 0.25) is 11.7 Å². The largest absolute Gasteiger partial charge is 0.493 e. The molecule has 49 heavy (non-hydrogen) atoms. The smallest absolute Gasteiger partial charge is 0.254 e. The summed E-state index contributed by atoms with van der Waals surface area (Å²) < 4.78 is 18.8. The van der Waals surface area contributed by atoms with Gasteiger partial charge in [-0.1, -0.05) is 47.5 Å². The van der Waals surface area contributed by atoms with Gasteiger partial charge in [0.25, 0.3) is 5.91 Å². The van der Waals surface area contributed by atoms with Crippen LogP contribution in [-0.2, 0) is 12.0 Å². The lowest BCUT2D eigenvalue weighted by Crippen LogP contribution is -2.42. The second-order valence-electron chi connectivity index (χ2n) is 13.5. The van der Waals surface area contributed by atoms with E-state index in [0.29, 0.717) is 47.0 Å². The van der Waals surface area contributed by atoms with Crippen LogP contribution in [0.5, 0.6) is 17.2 Å². The number of piperidine rings is 1. The first-order chi connectivity index (χ1) is 23.7. The average Bonchev–Trinajstić information content (AvgIpc) is 3.71. The third-order valence-corrected chi connectivity index (χ3v) is 10.4. The first-order valence-corrected chi connectivity index (χ1v) is 17.5. The van der Waals surface area contributed by atoms with E-state index in [1.165, 1.54) is 11.1 Å². The van der Waals surface area contributed by atoms with E-state index in [0.717, 1.165) is 68.8 Å². The number of nitrogens with zero attached hydrogens (tertiary/aromatic N) is 4. The molecule has 10 heteroatoms. The van der Waals surface area contributed by atoms with Gasteiger partial charge in [0.15, 0.2) is 11.5 Å². The molecule has 6 rings (SSSR count). The van der Waals surface area contributed by atoms with Crippen molar-refractivity contribution < 1.29 is 19.0 Å². The molecular weight excluding hydrogens is 638 g/mol. The monoisotopic (exact) mass is 685 g/mol. The molecule has 4 aromatic rings. The van der Waals surface area contributed by atoms with Crippen molar-refractivity contribution in [3.8, 4) is 17.2 Å². The molecule has 1 unspecified atom stereocenters. The predicted molar refractivity (Wildman–Crippen MR) is 197 cm³/mol. The summed E-state index contributed by atoms with van der Waals surface area (Å²) in [6.45, 7) is 9.34. The number of fused-ring (bicyclic) bond motifs is 1. The number of carbonyl (C=O) groups is 1. The molecule has 2 aliphatic heterocycles. The fraction of sp³-hybridized carbons (Fsp3) is 0.436. The summed E-state index contributed by atoms with van der Waals surface area (Å²) in [4.78, 5) is 23.4. The van der Waals surface area contributed by atoms with Crippen LogP contribution in [0.15, 0.2) is 72.3 Å². The molecule has 1 atom stereocenters. The van der Waals surface area contributed by atoms with E-state index < -0.39 is 0 Å². The number of allylic oxidation sites excluding steroid dienone is 2. The number of likely N-dealkylation sites (tertiary alicyclic amines) is 2. The van der Waals surface area contributed by atoms with Gasteiger partial charge in [-0.25, -0.2) is 4.98 Å². The highest BCUT2D eigenvalue weighted by Gasteiger charge is 2.42. The average molecular weight is 686 g/mol. The van der Waals surface area contributed by atoms with E-state index in [4.69, 9.17) is 30.8 Å². The zero-order valence-corrected chi connectivity index (χ0v) is 30.1. The molecule has 2 saturated heterocycles. The molecule has 0 spiro atoms. The minimum atomic E-state index is -0.175. The molecular formula is C39H48ClN5O4. The van der Waals surface area contributed by atoms with Crippen LogP contribution < -0.4 is 19.5 Å². The maximum Gasteiger partial charge on any atom is 0.254 e. The molecule has 0 radical (unpaired) electrons. The first kappa shape index (κ1) is 34.6. The Balaban J connectivity index is 1.13. The number of ether oxygens (including phenoxy) is 3. The Hall–Kier alpha value is -4.21. The van der Waals surface area contributed by atoms with E-state index in [9.17, 15) is 4.79 Å². The van der Waals surface area contributed by atoms with Crippen LogP contribution in [0.4, 0.5) is 5.95 Å². The fourth-order valence-electron chi connectivity index (χ4n) is 7.32. The molecule has 1 aromatic heterocycles. The summed E-state index contributed by atoms with van der Waals surface area (Å²) in [7, 11) is 4.69. The number of methoxy groups -OCH3 is 3. The van der Waals surface area contributed by atoms with Gasteiger partial charge in [0.1, 0.15) is 0 Å². The fourth-order valence-corrected chi connectivity index (χ4v) is 7.45. The van der Waals surface area contributed by atoms with Gasteiger partial charge in [-0.05, 0) is 88.0 Å². The number of hydrogen-bond acceptors (Lipinski definition) is 7. The molecule has 0 aliphatic carbocycles. The Morgan fingerprint density at radius 2 is 1.67 bits per heavy atom. The number of amides is 1. The Morgan fingerprint density at radius 3 is 2.33 bits per heavy atom. The van der Waals surface area contributed by atoms with Crippen molar-refractivity contribution in [3.63, 3.8) is 0 Å². The number of nitrogens with one attached hydrogen (secondary N) is 1. The molecule has 9 nitrogen and oxygen atoms in total. The van der Waals surface area contributed by atoms with E-state index >= 15 is 0 Å². The summed E-state index contributed by atoms with van der Waals surface area (Å²) in [6, 6.07) is 20.4. The quantitative estimate of drug-likeness (QED) is 0.155. The molecule has 2 fully saturated rings. The summed E-state index contributed by atoms with van der Waals surface area (Å²) in [5.74, 6) is 2.31. The molecule has 2 aliphatic rings. The van der Waals surface area contributed by atoms with Gasteiger partial charge in [0, 0.05) is 54.8 Å². The minimum Gasteiger partial charge on any atom is -0.493 e. The van der Waals surface area contributed by atoms with Crippen LogP contribution in [0, 0.1) is 0 Å². The predicted octanol–water partition coefficient (Wildman–Crippen LogP) is 7.43. The van der Waals surface area contributed by atoms with Crippen molar-refractivity contribution in [2.45, 2.75) is 57.5 Å². The molecule has 0 saturated carbocycles. The lowest BCUT2D eigenvalue weighted by molar-refractivity contribution is 0.0779. The van der Waals surface area contributed by atoms with Crippen LogP contribution in [0.25, 0.3) is 11.0 Å². The number of aromatic nitrogens is 2. The van der Waals surface area contributed by atoms with Gasteiger partial charge in [-0.2, -0.15) is 0 Å². The highest BCUT2D eigenvalue weighted by molar-refractivity contribution is 6.30. The number of benzene rings is 3. The van der Waals surface area contributed by atoms with Crippen LogP contribution in [-0.4, -0.2) is 85.4 Å². The van der Waals surface area contributed by atoms with Crippen molar-refractivity contribution in [3.05, 3.63) is 88.5 Å². The Kier molecular flexibility index (Phi) is 10.7. The molecule has 0 bridgehead atoms. The lowest BCUT2D eigenvalue weighted by atomic mass is 9.76. The Bertz CT molecular complexity index is 1770. The SMILES string of the molecule is COc1cc(C(=O)N2CCC(CCN3CCC(Nc4nc5ccccc5n4CC=C(C)C)CC3)(c3ccc(Cl)cc3)C2)cc(OC)c1OC. The topological polar surface area (TPSA) is 81.1 Å². The number of para-hydroxylation sites is 2. The van der Waals surface area contributed by atoms with E-state index in [1.807, 2.05) is 23.1 Å². The molecule has 3 aromatic carbocycles. The number of rotatable bonds is 12. The van der Waals surface area contributed by atoms with Gasteiger partial charge < -0.3 is 33.9 Å². The summed E-state index contributed by atoms with van der Waals surface area (Å²) in [6.07, 6.45) is 6.17. The van der Waals surface area contributed by atoms with Gasteiger partial charge in [-0.3, -0.25) is 4.79 Å². The third kappa shape index (κ3) is 7.53. The van der Waals surface area contributed by atoms with Crippen molar-refractivity contribution in [1.82, 2.24) is 19.4 Å². The number of halogens is 1. The summed E-state index contributed by atoms with van der Waals surface area (Å²) in [5, 5.41) is 4.50. The third-order valence-electron chi connectivity index (χ3n) is 10.2. The Labute approximate surface area is 294 Å². The van der Waals surface area contributed by atoms with Crippen LogP contribution >= 0.6 is 11.6 Å². The van der Waals surface area contributed by atoms with Crippen molar-refractivity contribution in [1.29, 1.82) is 0 Å². The summed E-state index contributed by atoms with van der Waals surface area (Å²) >= 11 is 6.32. The standard InChI is InChI=1S/C39H48ClN5O4/c1-27(2)14-21-45-33-9-7-6-8-32(33)42-38(45)41-31-15-19-43(20-16-31)22-17-39(29-10-12-30(40)13-11-29)18-23-44(26-39)37(46)28-24-34(47-3)36(49-5)35(25-28)48-4/h6-14,24-25,31H,15-23,26H2,1-5H3,(H,41,42). The molecule has 1 amide bonds. The van der Waals surface area contributed by atoms with Crippen molar-refractivity contribution >= 4 is 34.5 Å². The zero-order chi connectivity index (χ0) is 34.5. The maximum absolute atomic E-state index is 13.9. The van der Waals surface area contributed by atoms with E-state index in [1.54, 1.807) is 33.5 Å². The number of hydrogen-bond donors (Lipinski definition) is 1. The molecule has 3 heterocycles. The van der Waals surface area contributed by atoms with Crippen molar-refractivity contribution in [2.75, 3.05) is 59.4 Å². The molecule has 260 valence electrons. The highest BCUT2D eigenvalue weighted by atomic mass is 35.5. The first-order valence-electron chi connectivity index (χ1n) is 17.2. The van der Waals surface area contributed by atoms with Crippen molar-refractivity contribution in [2.24, 2.45) is 0 Å². The zero-order valence-electron chi connectivity index (χ0n) is 29.3. The van der Waals surface area contributed by atoms with Gasteiger partial charge in [-0.15, -0.1) is 0 Å².